The number of benzene rings is 1. The first kappa shape index (κ1) is 16.0. The fourth-order valence-electron chi connectivity index (χ4n) is 2.54. The Morgan fingerprint density at radius 2 is 1.82 bits per heavy atom. The van der Waals surface area contributed by atoms with Crippen LogP contribution in [0.2, 0.25) is 0 Å². The second-order valence-electron chi connectivity index (χ2n) is 5.44. The summed E-state index contributed by atoms with van der Waals surface area (Å²) < 4.78 is 1.82. The molecule has 0 amide bonds. The van der Waals surface area contributed by atoms with Gasteiger partial charge in [0, 0.05) is 12.1 Å². The molecule has 2 rings (SSSR count). The lowest BCUT2D eigenvalue weighted by atomic mass is 10.1. The Balaban J connectivity index is 2.51. The van der Waals surface area contributed by atoms with Crippen LogP contribution in [0.15, 0.2) is 41.2 Å². The number of aryl methyl sites for hydroxylation is 1. The van der Waals surface area contributed by atoms with Crippen LogP contribution in [0.3, 0.4) is 0 Å². The molecular weight excluding hydrogens is 272 g/mol. The molecule has 3 heteroatoms. The molecule has 0 radical (unpaired) electrons. The SMILES string of the molecule is CCCCn1c(-c2ccc(CC)cc2)ccc(CC#N)c1=O. The first-order valence-corrected chi connectivity index (χ1v) is 7.90. The highest BCUT2D eigenvalue weighted by Crippen LogP contribution is 2.20. The summed E-state index contributed by atoms with van der Waals surface area (Å²) in [5, 5.41) is 8.86. The standard InChI is InChI=1S/C19H22N2O/c1-3-5-14-21-18(11-10-17(12-13-20)19(21)22)16-8-6-15(4-2)7-9-16/h6-11H,3-5,12,14H2,1-2H3. The topological polar surface area (TPSA) is 45.8 Å². The van der Waals surface area contributed by atoms with Crippen LogP contribution in [0.1, 0.15) is 37.8 Å². The minimum Gasteiger partial charge on any atom is -0.308 e. The number of nitrogens with zero attached hydrogens (tertiary/aromatic N) is 2. The van der Waals surface area contributed by atoms with Crippen LogP contribution in [0.5, 0.6) is 0 Å². The fraction of sp³-hybridized carbons (Fsp3) is 0.368. The van der Waals surface area contributed by atoms with Gasteiger partial charge in [-0.25, -0.2) is 0 Å². The van der Waals surface area contributed by atoms with E-state index in [2.05, 4.69) is 44.2 Å². The van der Waals surface area contributed by atoms with Gasteiger partial charge in [0.1, 0.15) is 0 Å². The third-order valence-electron chi connectivity index (χ3n) is 3.92. The Hall–Kier alpha value is -2.34. The molecule has 0 aliphatic rings. The molecule has 2 aromatic rings. The first-order valence-electron chi connectivity index (χ1n) is 7.90. The Morgan fingerprint density at radius 1 is 1.09 bits per heavy atom. The molecule has 1 aromatic heterocycles. The van der Waals surface area contributed by atoms with E-state index in [0.717, 1.165) is 30.5 Å². The highest BCUT2D eigenvalue weighted by Gasteiger charge is 2.10. The van der Waals surface area contributed by atoms with Gasteiger partial charge in [0.25, 0.3) is 5.56 Å². The monoisotopic (exact) mass is 294 g/mol. The molecule has 1 aromatic carbocycles. The molecule has 0 saturated heterocycles. The summed E-state index contributed by atoms with van der Waals surface area (Å²) in [4.78, 5) is 12.6. The van der Waals surface area contributed by atoms with Gasteiger partial charge in [-0.05, 0) is 30.0 Å². The van der Waals surface area contributed by atoms with Gasteiger partial charge in [-0.2, -0.15) is 5.26 Å². The second-order valence-corrected chi connectivity index (χ2v) is 5.44. The molecule has 1 heterocycles. The predicted octanol–water partition coefficient (Wildman–Crippen LogP) is 3.94. The molecule has 0 saturated carbocycles. The molecule has 3 nitrogen and oxygen atoms in total. The minimum atomic E-state index is -0.0351. The normalized spacial score (nSPS) is 10.4. The maximum atomic E-state index is 12.6. The minimum absolute atomic E-state index is 0.0351. The molecule has 0 atom stereocenters. The van der Waals surface area contributed by atoms with E-state index in [9.17, 15) is 4.79 Å². The van der Waals surface area contributed by atoms with Crippen molar-refractivity contribution in [3.8, 4) is 17.3 Å². The molecule has 22 heavy (non-hydrogen) atoms. The summed E-state index contributed by atoms with van der Waals surface area (Å²) in [6, 6.07) is 14.2. The van der Waals surface area contributed by atoms with E-state index in [1.165, 1.54) is 5.56 Å². The van der Waals surface area contributed by atoms with Crippen molar-refractivity contribution in [2.75, 3.05) is 0 Å². The summed E-state index contributed by atoms with van der Waals surface area (Å²) in [6.07, 6.45) is 3.16. The Morgan fingerprint density at radius 3 is 2.41 bits per heavy atom. The van der Waals surface area contributed by atoms with Gasteiger partial charge in [0.2, 0.25) is 0 Å². The molecule has 0 aliphatic heterocycles. The maximum absolute atomic E-state index is 12.6. The molecule has 114 valence electrons. The Labute approximate surface area is 131 Å². The van der Waals surface area contributed by atoms with Crippen LogP contribution in [0.25, 0.3) is 11.3 Å². The van der Waals surface area contributed by atoms with Crippen LogP contribution >= 0.6 is 0 Å². The van der Waals surface area contributed by atoms with Crippen LogP contribution in [0, 0.1) is 11.3 Å². The molecule has 0 fully saturated rings. The Kier molecular flexibility index (Phi) is 5.55. The fourth-order valence-corrected chi connectivity index (χ4v) is 2.54. The summed E-state index contributed by atoms with van der Waals surface area (Å²) in [5.41, 5.74) is 3.81. The number of rotatable bonds is 6. The van der Waals surface area contributed by atoms with Gasteiger partial charge in [-0.15, -0.1) is 0 Å². The molecular formula is C19H22N2O. The van der Waals surface area contributed by atoms with Crippen molar-refractivity contribution < 1.29 is 0 Å². The van der Waals surface area contributed by atoms with Crippen LogP contribution in [-0.2, 0) is 19.4 Å². The summed E-state index contributed by atoms with van der Waals surface area (Å²) in [7, 11) is 0. The molecule has 0 spiro atoms. The van der Waals surface area contributed by atoms with E-state index in [0.29, 0.717) is 12.1 Å². The average molecular weight is 294 g/mol. The van der Waals surface area contributed by atoms with E-state index in [4.69, 9.17) is 5.26 Å². The van der Waals surface area contributed by atoms with E-state index >= 15 is 0 Å². The summed E-state index contributed by atoms with van der Waals surface area (Å²) in [6.45, 7) is 4.93. The third-order valence-corrected chi connectivity index (χ3v) is 3.92. The third kappa shape index (κ3) is 3.46. The van der Waals surface area contributed by atoms with Crippen molar-refractivity contribution in [2.24, 2.45) is 0 Å². The van der Waals surface area contributed by atoms with E-state index in [-0.39, 0.29) is 12.0 Å². The number of nitriles is 1. The quantitative estimate of drug-likeness (QED) is 0.810. The zero-order valence-corrected chi connectivity index (χ0v) is 13.3. The van der Waals surface area contributed by atoms with E-state index < -0.39 is 0 Å². The smallest absolute Gasteiger partial charge is 0.255 e. The van der Waals surface area contributed by atoms with Gasteiger partial charge in [-0.1, -0.05) is 50.6 Å². The number of unbranched alkanes of at least 4 members (excludes halogenated alkanes) is 1. The van der Waals surface area contributed by atoms with Crippen molar-refractivity contribution in [1.82, 2.24) is 4.57 Å². The number of aromatic nitrogens is 1. The molecule has 0 N–H and O–H groups in total. The summed E-state index contributed by atoms with van der Waals surface area (Å²) in [5.74, 6) is 0. The molecule has 0 aliphatic carbocycles. The number of hydrogen-bond donors (Lipinski definition) is 0. The molecule has 0 bridgehead atoms. The van der Waals surface area contributed by atoms with Gasteiger partial charge < -0.3 is 4.57 Å². The van der Waals surface area contributed by atoms with Crippen molar-refractivity contribution in [2.45, 2.75) is 46.1 Å². The van der Waals surface area contributed by atoms with Crippen molar-refractivity contribution in [3.63, 3.8) is 0 Å². The van der Waals surface area contributed by atoms with Gasteiger partial charge in [-0.3, -0.25) is 4.79 Å². The lowest BCUT2D eigenvalue weighted by Crippen LogP contribution is -2.25. The zero-order valence-electron chi connectivity index (χ0n) is 13.3. The predicted molar refractivity (Wildman–Crippen MR) is 89.7 cm³/mol. The first-order chi connectivity index (χ1) is 10.7. The highest BCUT2D eigenvalue weighted by atomic mass is 16.1. The lowest BCUT2D eigenvalue weighted by Gasteiger charge is -2.14. The van der Waals surface area contributed by atoms with E-state index in [1.807, 2.05) is 10.6 Å². The van der Waals surface area contributed by atoms with Crippen molar-refractivity contribution in [1.29, 1.82) is 5.26 Å². The lowest BCUT2D eigenvalue weighted by molar-refractivity contribution is 0.615. The van der Waals surface area contributed by atoms with Gasteiger partial charge in [0.05, 0.1) is 18.2 Å². The van der Waals surface area contributed by atoms with Gasteiger partial charge >= 0.3 is 0 Å². The number of hydrogen-bond acceptors (Lipinski definition) is 2. The second kappa shape index (κ2) is 7.61. The largest absolute Gasteiger partial charge is 0.308 e. The van der Waals surface area contributed by atoms with Crippen molar-refractivity contribution >= 4 is 0 Å². The summed E-state index contributed by atoms with van der Waals surface area (Å²) >= 11 is 0. The Bertz CT molecular complexity index is 721. The van der Waals surface area contributed by atoms with Gasteiger partial charge in [0.15, 0.2) is 0 Å². The van der Waals surface area contributed by atoms with Crippen LogP contribution < -0.4 is 5.56 Å². The average Bonchev–Trinajstić information content (AvgIpc) is 2.56. The van der Waals surface area contributed by atoms with E-state index in [1.54, 1.807) is 6.07 Å². The number of pyridine rings is 1. The van der Waals surface area contributed by atoms with Crippen LogP contribution in [0.4, 0.5) is 0 Å². The molecule has 0 unspecified atom stereocenters. The van der Waals surface area contributed by atoms with Crippen LogP contribution in [-0.4, -0.2) is 4.57 Å². The highest BCUT2D eigenvalue weighted by molar-refractivity contribution is 5.60. The maximum Gasteiger partial charge on any atom is 0.255 e. The zero-order chi connectivity index (χ0) is 15.9. The van der Waals surface area contributed by atoms with Crippen molar-refractivity contribution in [3.05, 3.63) is 57.9 Å².